The molecule has 0 saturated heterocycles. The normalized spacial score (nSPS) is 10.2. The topological polar surface area (TPSA) is 50.2 Å². The zero-order valence-electron chi connectivity index (χ0n) is 6.50. The zero-order chi connectivity index (χ0) is 9.14. The van der Waals surface area contributed by atoms with Crippen LogP contribution in [0.5, 0.6) is 0 Å². The lowest BCUT2D eigenvalue weighted by Crippen LogP contribution is -1.95. The third kappa shape index (κ3) is 2.04. The molecule has 3 nitrogen and oxygen atoms in total. The highest BCUT2D eigenvalue weighted by Gasteiger charge is 2.12. The van der Waals surface area contributed by atoms with E-state index in [4.69, 9.17) is 5.11 Å². The van der Waals surface area contributed by atoms with E-state index < -0.39 is 5.97 Å². The summed E-state index contributed by atoms with van der Waals surface area (Å²) in [5, 5.41) is 8.78. The van der Waals surface area contributed by atoms with Crippen LogP contribution >= 0.6 is 27.3 Å². The van der Waals surface area contributed by atoms with Gasteiger partial charge in [-0.05, 0) is 22.4 Å². The van der Waals surface area contributed by atoms with Crippen LogP contribution in [0, 0.1) is 0 Å². The van der Waals surface area contributed by atoms with Crippen LogP contribution in [-0.4, -0.2) is 16.1 Å². The molecule has 0 aliphatic heterocycles. The molecule has 0 amide bonds. The van der Waals surface area contributed by atoms with Crippen molar-refractivity contribution >= 4 is 33.2 Å². The lowest BCUT2D eigenvalue weighted by atomic mass is 10.3. The Balaban J connectivity index is 2.92. The third-order valence-corrected chi connectivity index (χ3v) is 3.14. The minimum Gasteiger partial charge on any atom is -0.476 e. The lowest BCUT2D eigenvalue weighted by molar-refractivity contribution is 0.0696. The summed E-state index contributed by atoms with van der Waals surface area (Å²) in [5.41, 5.74) is 0.847. The molecule has 66 valence electrons. The highest BCUT2D eigenvalue weighted by atomic mass is 79.9. The summed E-state index contributed by atoms with van der Waals surface area (Å²) < 4.78 is 0.835. The minimum absolute atomic E-state index is 0.158. The molecule has 1 heterocycles. The lowest BCUT2D eigenvalue weighted by Gasteiger charge is -1.89. The highest BCUT2D eigenvalue weighted by Crippen LogP contribution is 2.25. The van der Waals surface area contributed by atoms with Crippen molar-refractivity contribution in [2.45, 2.75) is 19.8 Å². The number of carboxylic acids is 1. The third-order valence-electron chi connectivity index (χ3n) is 1.32. The Morgan fingerprint density at radius 3 is 2.83 bits per heavy atom. The number of hydrogen-bond acceptors (Lipinski definition) is 3. The Hall–Kier alpha value is -0.420. The van der Waals surface area contributed by atoms with Gasteiger partial charge in [0.1, 0.15) is 0 Å². The number of hydrogen-bond donors (Lipinski definition) is 1. The van der Waals surface area contributed by atoms with E-state index in [9.17, 15) is 4.79 Å². The zero-order valence-corrected chi connectivity index (χ0v) is 8.91. The quantitative estimate of drug-likeness (QED) is 0.896. The number of carbonyl (C=O) groups is 1. The summed E-state index contributed by atoms with van der Waals surface area (Å²) in [6, 6.07) is 0. The van der Waals surface area contributed by atoms with Crippen molar-refractivity contribution in [1.29, 1.82) is 0 Å². The average molecular weight is 250 g/mol. The molecular formula is C7H8BrNO2S. The highest BCUT2D eigenvalue weighted by molar-refractivity contribution is 9.11. The molecule has 1 rings (SSSR count). The molecular weight excluding hydrogens is 242 g/mol. The fraction of sp³-hybridized carbons (Fsp3) is 0.429. The number of carboxylic acid groups (broad SMARTS) is 1. The van der Waals surface area contributed by atoms with Gasteiger partial charge >= 0.3 is 5.97 Å². The van der Waals surface area contributed by atoms with Gasteiger partial charge in [0.2, 0.25) is 5.01 Å². The summed E-state index contributed by atoms with van der Waals surface area (Å²) in [6.45, 7) is 2.03. The molecule has 12 heavy (non-hydrogen) atoms. The van der Waals surface area contributed by atoms with Gasteiger partial charge in [-0.15, -0.1) is 0 Å². The van der Waals surface area contributed by atoms with E-state index in [0.29, 0.717) is 0 Å². The van der Waals surface area contributed by atoms with E-state index in [1.807, 2.05) is 6.92 Å². The standard InChI is InChI=1S/C7H8BrNO2S/c1-2-3-4-5(8)12-6(9-4)7(10)11/h2-3H2,1H3,(H,10,11). The van der Waals surface area contributed by atoms with Crippen molar-refractivity contribution in [2.24, 2.45) is 0 Å². The Bertz CT molecular complexity index is 298. The van der Waals surface area contributed by atoms with Crippen LogP contribution in [0.1, 0.15) is 28.8 Å². The van der Waals surface area contributed by atoms with Gasteiger partial charge in [0.15, 0.2) is 0 Å². The molecule has 0 atom stereocenters. The maximum Gasteiger partial charge on any atom is 0.365 e. The van der Waals surface area contributed by atoms with Crippen molar-refractivity contribution in [3.8, 4) is 0 Å². The first-order chi connectivity index (χ1) is 5.65. The molecule has 0 radical (unpaired) electrons. The summed E-state index contributed by atoms with van der Waals surface area (Å²) >= 11 is 4.45. The van der Waals surface area contributed by atoms with Crippen LogP contribution < -0.4 is 0 Å². The van der Waals surface area contributed by atoms with E-state index >= 15 is 0 Å². The van der Waals surface area contributed by atoms with Crippen LogP contribution in [0.15, 0.2) is 3.79 Å². The van der Waals surface area contributed by atoms with E-state index in [0.717, 1.165) is 22.3 Å². The van der Waals surface area contributed by atoms with Crippen LogP contribution in [0.3, 0.4) is 0 Å². The second-order valence-electron chi connectivity index (χ2n) is 2.29. The van der Waals surface area contributed by atoms with E-state index in [1.165, 1.54) is 11.3 Å². The molecule has 0 aliphatic rings. The molecule has 5 heteroatoms. The molecule has 1 aromatic heterocycles. The molecule has 0 spiro atoms. The monoisotopic (exact) mass is 249 g/mol. The molecule has 0 aliphatic carbocycles. The van der Waals surface area contributed by atoms with Gasteiger partial charge in [0, 0.05) is 0 Å². The largest absolute Gasteiger partial charge is 0.476 e. The fourth-order valence-corrected chi connectivity index (χ4v) is 2.24. The molecule has 0 saturated carbocycles. The van der Waals surface area contributed by atoms with Crippen molar-refractivity contribution < 1.29 is 9.90 Å². The first-order valence-corrected chi connectivity index (χ1v) is 5.14. The molecule has 1 N–H and O–H groups in total. The van der Waals surface area contributed by atoms with E-state index in [1.54, 1.807) is 0 Å². The van der Waals surface area contributed by atoms with Crippen LogP contribution in [0.25, 0.3) is 0 Å². The van der Waals surface area contributed by atoms with Crippen molar-refractivity contribution in [3.63, 3.8) is 0 Å². The Labute approximate surface area is 82.6 Å². The average Bonchev–Trinajstić information content (AvgIpc) is 2.34. The van der Waals surface area contributed by atoms with Crippen molar-refractivity contribution in [2.75, 3.05) is 0 Å². The number of aromatic carboxylic acids is 1. The Kier molecular flexibility index (Phi) is 3.22. The minimum atomic E-state index is -0.956. The molecule has 0 unspecified atom stereocenters. The number of nitrogens with zero attached hydrogens (tertiary/aromatic N) is 1. The predicted octanol–water partition coefficient (Wildman–Crippen LogP) is 2.56. The Morgan fingerprint density at radius 2 is 2.42 bits per heavy atom. The molecule has 0 fully saturated rings. The second kappa shape index (κ2) is 4.00. The van der Waals surface area contributed by atoms with Gasteiger partial charge < -0.3 is 5.11 Å². The van der Waals surface area contributed by atoms with Crippen molar-refractivity contribution in [1.82, 2.24) is 4.98 Å². The smallest absolute Gasteiger partial charge is 0.365 e. The van der Waals surface area contributed by atoms with Gasteiger partial charge in [-0.2, -0.15) is 0 Å². The first-order valence-electron chi connectivity index (χ1n) is 3.53. The second-order valence-corrected chi connectivity index (χ2v) is 4.61. The number of aryl methyl sites for hydroxylation is 1. The SMILES string of the molecule is CCCc1nc(C(=O)O)sc1Br. The summed E-state index contributed by atoms with van der Waals surface area (Å²) in [6.07, 6.45) is 1.80. The maximum absolute atomic E-state index is 10.5. The van der Waals surface area contributed by atoms with Gasteiger partial charge in [0.05, 0.1) is 9.48 Å². The van der Waals surface area contributed by atoms with Crippen molar-refractivity contribution in [3.05, 3.63) is 14.5 Å². The summed E-state index contributed by atoms with van der Waals surface area (Å²) in [7, 11) is 0. The summed E-state index contributed by atoms with van der Waals surface area (Å²) in [5.74, 6) is -0.956. The summed E-state index contributed by atoms with van der Waals surface area (Å²) in [4.78, 5) is 14.5. The van der Waals surface area contributed by atoms with Gasteiger partial charge in [-0.25, -0.2) is 9.78 Å². The van der Waals surface area contributed by atoms with Gasteiger partial charge in [0.25, 0.3) is 0 Å². The number of halogens is 1. The van der Waals surface area contributed by atoms with Crippen LogP contribution in [0.2, 0.25) is 0 Å². The van der Waals surface area contributed by atoms with Crippen LogP contribution in [-0.2, 0) is 6.42 Å². The fourth-order valence-electron chi connectivity index (χ4n) is 0.816. The number of rotatable bonds is 3. The van der Waals surface area contributed by atoms with Gasteiger partial charge in [-0.3, -0.25) is 0 Å². The first kappa shape index (κ1) is 9.67. The number of thiazole rings is 1. The molecule has 0 bridgehead atoms. The maximum atomic E-state index is 10.5. The Morgan fingerprint density at radius 1 is 1.75 bits per heavy atom. The van der Waals surface area contributed by atoms with E-state index in [2.05, 4.69) is 20.9 Å². The molecule has 1 aromatic rings. The predicted molar refractivity (Wildman–Crippen MR) is 50.8 cm³/mol. The molecule has 0 aromatic carbocycles. The van der Waals surface area contributed by atoms with Crippen LogP contribution in [0.4, 0.5) is 0 Å². The van der Waals surface area contributed by atoms with E-state index in [-0.39, 0.29) is 5.01 Å². The van der Waals surface area contributed by atoms with Gasteiger partial charge in [-0.1, -0.05) is 24.7 Å². The number of aromatic nitrogens is 1.